The Labute approximate surface area is 112 Å². The maximum atomic E-state index is 12.2. The predicted octanol–water partition coefficient (Wildman–Crippen LogP) is 0.991. The normalized spacial score (nSPS) is 11.3. The summed E-state index contributed by atoms with van der Waals surface area (Å²) in [6.45, 7) is 6.85. The second-order valence-corrected chi connectivity index (χ2v) is 4.51. The molecule has 0 bridgehead atoms. The Hall–Kier alpha value is -1.88. The smallest absolute Gasteiger partial charge is 0.290 e. The van der Waals surface area contributed by atoms with Crippen molar-refractivity contribution in [2.24, 2.45) is 0 Å². The molecule has 0 fully saturated rings. The Balaban J connectivity index is 2.31. The maximum absolute atomic E-state index is 12.2. The Bertz CT molecular complexity index is 568. The second-order valence-electron chi connectivity index (χ2n) is 4.51. The van der Waals surface area contributed by atoms with Crippen molar-refractivity contribution in [2.45, 2.75) is 20.3 Å². The molecule has 0 saturated carbocycles. The average Bonchev–Trinajstić information content (AvgIpc) is 2.45. The number of likely N-dealkylation sites (N-methyl/N-ethyl adjacent to an activating group) is 1. The van der Waals surface area contributed by atoms with Gasteiger partial charge in [-0.15, -0.1) is 0 Å². The monoisotopic (exact) mass is 261 g/mol. The van der Waals surface area contributed by atoms with Crippen LogP contribution in [0.2, 0.25) is 0 Å². The van der Waals surface area contributed by atoms with Crippen LogP contribution in [0.5, 0.6) is 0 Å². The molecule has 1 aromatic carbocycles. The van der Waals surface area contributed by atoms with E-state index in [1.54, 1.807) is 24.3 Å². The van der Waals surface area contributed by atoms with E-state index < -0.39 is 0 Å². The van der Waals surface area contributed by atoms with Crippen molar-refractivity contribution >= 4 is 11.0 Å². The Morgan fingerprint density at radius 2 is 1.68 bits per heavy atom. The van der Waals surface area contributed by atoms with Crippen molar-refractivity contribution in [2.75, 3.05) is 19.6 Å². The number of hydrogen-bond acceptors (Lipinski definition) is 3. The van der Waals surface area contributed by atoms with Gasteiger partial charge in [-0.2, -0.15) is 9.46 Å². The van der Waals surface area contributed by atoms with Crippen LogP contribution in [0.15, 0.2) is 30.5 Å². The van der Waals surface area contributed by atoms with Gasteiger partial charge in [-0.05, 0) is 13.1 Å². The number of para-hydroxylation sites is 2. The van der Waals surface area contributed by atoms with Crippen molar-refractivity contribution in [3.63, 3.8) is 0 Å². The van der Waals surface area contributed by atoms with Crippen LogP contribution in [-0.2, 0) is 6.42 Å². The summed E-state index contributed by atoms with van der Waals surface area (Å²) in [5, 5.41) is 24.1. The number of benzene rings is 1. The predicted molar refractivity (Wildman–Crippen MR) is 73.4 cm³/mol. The van der Waals surface area contributed by atoms with E-state index >= 15 is 0 Å². The number of fused-ring (bicyclic) bond motifs is 1. The summed E-state index contributed by atoms with van der Waals surface area (Å²) >= 11 is 0. The highest BCUT2D eigenvalue weighted by atomic mass is 16.5. The molecule has 2 aromatic rings. The third-order valence-electron chi connectivity index (χ3n) is 3.44. The Morgan fingerprint density at radius 1 is 1.05 bits per heavy atom. The van der Waals surface area contributed by atoms with E-state index in [2.05, 4.69) is 18.7 Å². The first-order valence-corrected chi connectivity index (χ1v) is 6.63. The first kappa shape index (κ1) is 13.5. The highest BCUT2D eigenvalue weighted by molar-refractivity contribution is 5.67. The molecule has 5 nitrogen and oxygen atoms in total. The minimum absolute atomic E-state index is 0.407. The molecule has 0 unspecified atom stereocenters. The fourth-order valence-electron chi connectivity index (χ4n) is 2.21. The lowest BCUT2D eigenvalue weighted by molar-refractivity contribution is -0.634. The minimum atomic E-state index is 0.407. The lowest BCUT2D eigenvalue weighted by Gasteiger charge is -2.17. The molecule has 0 aliphatic carbocycles. The van der Waals surface area contributed by atoms with E-state index in [1.165, 1.54) is 6.20 Å². The van der Waals surface area contributed by atoms with Crippen molar-refractivity contribution < 1.29 is 9.46 Å². The molecule has 0 saturated heterocycles. The average molecular weight is 261 g/mol. The first-order valence-electron chi connectivity index (χ1n) is 6.63. The van der Waals surface area contributed by atoms with Gasteiger partial charge >= 0.3 is 0 Å². The third-order valence-corrected chi connectivity index (χ3v) is 3.44. The molecule has 19 heavy (non-hydrogen) atoms. The van der Waals surface area contributed by atoms with Crippen molar-refractivity contribution in [3.8, 4) is 0 Å². The maximum Gasteiger partial charge on any atom is 0.290 e. The summed E-state index contributed by atoms with van der Waals surface area (Å²) in [5.74, 6) is 0. The van der Waals surface area contributed by atoms with Gasteiger partial charge in [0.15, 0.2) is 0 Å². The summed E-state index contributed by atoms with van der Waals surface area (Å²) in [4.78, 5) is 2.23. The van der Waals surface area contributed by atoms with Crippen LogP contribution >= 0.6 is 0 Å². The van der Waals surface area contributed by atoms with E-state index in [0.29, 0.717) is 23.1 Å². The summed E-state index contributed by atoms with van der Waals surface area (Å²) in [6, 6.07) is 6.86. The molecule has 0 N–H and O–H groups in total. The molecule has 0 amide bonds. The molecular weight excluding hydrogens is 242 g/mol. The Kier molecular flexibility index (Phi) is 4.16. The van der Waals surface area contributed by atoms with E-state index in [0.717, 1.165) is 29.1 Å². The molecule has 0 atom stereocenters. The highest BCUT2D eigenvalue weighted by Crippen LogP contribution is 2.05. The molecule has 0 spiro atoms. The van der Waals surface area contributed by atoms with E-state index in [9.17, 15) is 10.4 Å². The molecule has 1 heterocycles. The summed E-state index contributed by atoms with van der Waals surface area (Å²) < 4.78 is 1.65. The van der Waals surface area contributed by atoms with Crippen molar-refractivity contribution in [3.05, 3.63) is 46.6 Å². The summed E-state index contributed by atoms with van der Waals surface area (Å²) in [6.07, 6.45) is 1.97. The fourth-order valence-corrected chi connectivity index (χ4v) is 2.21. The van der Waals surface area contributed by atoms with Gasteiger partial charge in [-0.1, -0.05) is 26.0 Å². The highest BCUT2D eigenvalue weighted by Gasteiger charge is 2.18. The molecule has 5 heteroatoms. The molecule has 1 aromatic heterocycles. The minimum Gasteiger partial charge on any atom is -0.618 e. The number of hydrogen-bond donors (Lipinski definition) is 0. The van der Waals surface area contributed by atoms with Crippen LogP contribution in [0.4, 0.5) is 0 Å². The number of nitrogens with zero attached hydrogens (tertiary/aromatic N) is 3. The SMILES string of the molecule is CCN(CC)CCc1c[n+]([O-])c2ccccc2[n+]1[O-]. The van der Waals surface area contributed by atoms with Gasteiger partial charge < -0.3 is 15.3 Å². The van der Waals surface area contributed by atoms with E-state index in [-0.39, 0.29) is 0 Å². The standard InChI is InChI=1S/C14H19N3O2/c1-3-15(4-2)10-9-12-11-16(18)13-7-5-6-8-14(13)17(12)19/h5-8,11H,3-4,9-10H2,1-2H3. The molecule has 0 aliphatic rings. The lowest BCUT2D eigenvalue weighted by atomic mass is 10.2. The zero-order chi connectivity index (χ0) is 13.8. The van der Waals surface area contributed by atoms with Crippen LogP contribution in [0, 0.1) is 10.4 Å². The number of rotatable bonds is 5. The summed E-state index contributed by atoms with van der Waals surface area (Å²) in [7, 11) is 0. The van der Waals surface area contributed by atoms with Gasteiger partial charge in [0, 0.05) is 18.7 Å². The van der Waals surface area contributed by atoms with Gasteiger partial charge in [-0.3, -0.25) is 0 Å². The fraction of sp³-hybridized carbons (Fsp3) is 0.429. The topological polar surface area (TPSA) is 57.1 Å². The molecule has 0 aliphatic heterocycles. The number of aromatic nitrogens is 2. The van der Waals surface area contributed by atoms with Gasteiger partial charge in [0.25, 0.3) is 16.7 Å². The molecule has 2 rings (SSSR count). The van der Waals surface area contributed by atoms with E-state index in [1.807, 2.05) is 0 Å². The van der Waals surface area contributed by atoms with Gasteiger partial charge in [0.05, 0.1) is 6.42 Å². The van der Waals surface area contributed by atoms with Gasteiger partial charge in [-0.25, -0.2) is 0 Å². The third kappa shape index (κ3) is 2.76. The van der Waals surface area contributed by atoms with Gasteiger partial charge in [0.1, 0.15) is 0 Å². The summed E-state index contributed by atoms with van der Waals surface area (Å²) in [5.41, 5.74) is 1.35. The second kappa shape index (κ2) is 5.84. The van der Waals surface area contributed by atoms with Crippen LogP contribution in [0.25, 0.3) is 11.0 Å². The van der Waals surface area contributed by atoms with Crippen LogP contribution in [0.3, 0.4) is 0 Å². The zero-order valence-corrected chi connectivity index (χ0v) is 11.4. The molecule has 0 radical (unpaired) electrons. The zero-order valence-electron chi connectivity index (χ0n) is 11.4. The van der Waals surface area contributed by atoms with E-state index in [4.69, 9.17) is 0 Å². The first-order chi connectivity index (χ1) is 9.17. The lowest BCUT2D eigenvalue weighted by Crippen LogP contribution is -2.42. The quantitative estimate of drug-likeness (QED) is 0.596. The van der Waals surface area contributed by atoms with Crippen molar-refractivity contribution in [1.82, 2.24) is 4.90 Å². The van der Waals surface area contributed by atoms with Crippen LogP contribution in [0.1, 0.15) is 19.5 Å². The molecular formula is C14H19N3O2. The van der Waals surface area contributed by atoms with Crippen molar-refractivity contribution in [1.29, 1.82) is 0 Å². The van der Waals surface area contributed by atoms with Gasteiger partial charge in [0.2, 0.25) is 6.20 Å². The molecule has 102 valence electrons. The van der Waals surface area contributed by atoms with Crippen LogP contribution in [-0.4, -0.2) is 24.5 Å². The van der Waals surface area contributed by atoms with Crippen LogP contribution < -0.4 is 9.46 Å². The largest absolute Gasteiger partial charge is 0.618 e. The Morgan fingerprint density at radius 3 is 2.32 bits per heavy atom.